The van der Waals surface area contributed by atoms with Crippen molar-refractivity contribution in [2.45, 2.75) is 70.9 Å². The molecular formula is C29H39N7O3. The second-order valence-electron chi connectivity index (χ2n) is 10.9. The lowest BCUT2D eigenvalue weighted by molar-refractivity contribution is -0.126. The molecule has 0 atom stereocenters. The number of nitrogens with zero attached hydrogens (tertiary/aromatic N) is 5. The van der Waals surface area contributed by atoms with Crippen molar-refractivity contribution in [1.82, 2.24) is 29.7 Å². The summed E-state index contributed by atoms with van der Waals surface area (Å²) in [5.74, 6) is 0.321. The Labute approximate surface area is 228 Å². The molecule has 0 radical (unpaired) electrons. The molecule has 208 valence electrons. The summed E-state index contributed by atoms with van der Waals surface area (Å²) in [6, 6.07) is 5.59. The SMILES string of the molecule is CC(C)NC(=O)[C@H]1CC[C@@H](n2/c(=N/C(=O)c3cccnc3)[nH]c3cnc(OCCN4CCCCC4)cc32)CC1. The van der Waals surface area contributed by atoms with Gasteiger partial charge in [-0.2, -0.15) is 4.99 Å². The lowest BCUT2D eigenvalue weighted by Crippen LogP contribution is -2.38. The molecule has 0 spiro atoms. The van der Waals surface area contributed by atoms with Crippen LogP contribution in [0.25, 0.3) is 11.0 Å². The van der Waals surface area contributed by atoms with E-state index in [4.69, 9.17) is 4.74 Å². The lowest BCUT2D eigenvalue weighted by Gasteiger charge is -2.29. The molecule has 5 rings (SSSR count). The molecule has 39 heavy (non-hydrogen) atoms. The standard InChI is InChI=1S/C29H39N7O3/c1-20(2)32-27(37)21-8-10-23(11-9-21)36-25-17-26(39-16-15-35-13-4-3-5-14-35)31-19-24(25)33-29(36)34-28(38)22-7-6-12-30-18-22/h6-7,12,17-21,23H,3-5,8-11,13-16H2,1-2H3,(H,32,37)(H,33,34,38)/t21-,23+. The Morgan fingerprint density at radius 3 is 2.67 bits per heavy atom. The summed E-state index contributed by atoms with van der Waals surface area (Å²) in [6.07, 6.45) is 11.9. The molecule has 10 heteroatoms. The van der Waals surface area contributed by atoms with Crippen molar-refractivity contribution in [3.05, 3.63) is 48.0 Å². The van der Waals surface area contributed by atoms with Crippen LogP contribution in [0.15, 0.2) is 41.8 Å². The van der Waals surface area contributed by atoms with Crippen LogP contribution < -0.4 is 15.7 Å². The first-order valence-corrected chi connectivity index (χ1v) is 14.2. The van der Waals surface area contributed by atoms with Crippen LogP contribution in [0, 0.1) is 5.92 Å². The number of hydrogen-bond donors (Lipinski definition) is 2. The zero-order valence-corrected chi connectivity index (χ0v) is 22.9. The Balaban J connectivity index is 1.41. The van der Waals surface area contributed by atoms with E-state index in [9.17, 15) is 9.59 Å². The molecule has 2 fully saturated rings. The van der Waals surface area contributed by atoms with E-state index in [-0.39, 0.29) is 29.8 Å². The number of fused-ring (bicyclic) bond motifs is 1. The van der Waals surface area contributed by atoms with Gasteiger partial charge in [0, 0.05) is 43.0 Å². The summed E-state index contributed by atoms with van der Waals surface area (Å²) in [7, 11) is 0. The van der Waals surface area contributed by atoms with Crippen LogP contribution in [0.3, 0.4) is 0 Å². The molecule has 0 aromatic carbocycles. The fourth-order valence-corrected chi connectivity index (χ4v) is 5.66. The average Bonchev–Trinajstić information content (AvgIpc) is 3.30. The van der Waals surface area contributed by atoms with Crippen molar-refractivity contribution in [2.75, 3.05) is 26.2 Å². The summed E-state index contributed by atoms with van der Waals surface area (Å²) in [5, 5.41) is 3.05. The van der Waals surface area contributed by atoms with Gasteiger partial charge in [-0.3, -0.25) is 19.5 Å². The van der Waals surface area contributed by atoms with E-state index in [1.54, 1.807) is 24.5 Å². The van der Waals surface area contributed by atoms with Gasteiger partial charge in [-0.25, -0.2) is 4.98 Å². The molecule has 1 aliphatic carbocycles. The fraction of sp³-hybridized carbons (Fsp3) is 0.552. The van der Waals surface area contributed by atoms with Gasteiger partial charge in [0.2, 0.25) is 17.4 Å². The number of H-pyrrole nitrogens is 1. The quantitative estimate of drug-likeness (QED) is 0.457. The molecule has 3 aromatic rings. The maximum absolute atomic E-state index is 13.0. The minimum absolute atomic E-state index is 0.00205. The maximum atomic E-state index is 13.0. The first-order chi connectivity index (χ1) is 19.0. The topological polar surface area (TPSA) is 117 Å². The number of ether oxygens (including phenoxy) is 1. The normalized spacial score (nSPS) is 20.8. The molecule has 1 aliphatic heterocycles. The number of likely N-dealkylation sites (tertiary alicyclic amines) is 1. The number of nitrogens with one attached hydrogen (secondary N) is 2. The molecule has 10 nitrogen and oxygen atoms in total. The van der Waals surface area contributed by atoms with Crippen LogP contribution in [0.4, 0.5) is 0 Å². The highest BCUT2D eigenvalue weighted by atomic mass is 16.5. The van der Waals surface area contributed by atoms with Crippen molar-refractivity contribution in [3.63, 3.8) is 0 Å². The van der Waals surface area contributed by atoms with Gasteiger partial charge in [0.25, 0.3) is 5.91 Å². The van der Waals surface area contributed by atoms with Crippen molar-refractivity contribution in [1.29, 1.82) is 0 Å². The van der Waals surface area contributed by atoms with E-state index in [1.165, 1.54) is 25.5 Å². The number of carbonyl (C=O) groups is 2. The highest BCUT2D eigenvalue weighted by molar-refractivity contribution is 5.94. The van der Waals surface area contributed by atoms with Gasteiger partial charge in [-0.15, -0.1) is 0 Å². The van der Waals surface area contributed by atoms with Crippen LogP contribution in [-0.4, -0.2) is 68.5 Å². The van der Waals surface area contributed by atoms with E-state index in [0.717, 1.165) is 56.4 Å². The molecule has 1 saturated carbocycles. The molecule has 1 saturated heterocycles. The number of pyridine rings is 2. The third-order valence-electron chi connectivity index (χ3n) is 7.68. The zero-order valence-electron chi connectivity index (χ0n) is 22.9. The summed E-state index contributed by atoms with van der Waals surface area (Å²) in [5.41, 5.74) is 2.58. The highest BCUT2D eigenvalue weighted by Gasteiger charge is 2.29. The van der Waals surface area contributed by atoms with Gasteiger partial charge in [-0.05, 0) is 77.6 Å². The predicted molar refractivity (Wildman–Crippen MR) is 148 cm³/mol. The number of aromatic amines is 1. The van der Waals surface area contributed by atoms with Crippen molar-refractivity contribution < 1.29 is 14.3 Å². The molecule has 3 aromatic heterocycles. The van der Waals surface area contributed by atoms with Gasteiger partial charge in [0.15, 0.2) is 0 Å². The van der Waals surface area contributed by atoms with E-state index in [2.05, 4.69) is 34.7 Å². The van der Waals surface area contributed by atoms with Crippen LogP contribution in [0.5, 0.6) is 5.88 Å². The van der Waals surface area contributed by atoms with Gasteiger partial charge in [0.1, 0.15) is 6.61 Å². The average molecular weight is 534 g/mol. The Bertz CT molecular complexity index is 1330. The lowest BCUT2D eigenvalue weighted by atomic mass is 9.85. The van der Waals surface area contributed by atoms with Gasteiger partial charge < -0.3 is 19.6 Å². The number of piperidine rings is 1. The Morgan fingerprint density at radius 1 is 1.15 bits per heavy atom. The first-order valence-electron chi connectivity index (χ1n) is 14.2. The van der Waals surface area contributed by atoms with Crippen LogP contribution in [0.2, 0.25) is 0 Å². The van der Waals surface area contributed by atoms with Gasteiger partial charge >= 0.3 is 0 Å². The number of hydrogen-bond acceptors (Lipinski definition) is 6. The van der Waals surface area contributed by atoms with Crippen molar-refractivity contribution in [2.24, 2.45) is 10.9 Å². The molecular weight excluding hydrogens is 494 g/mol. The Morgan fingerprint density at radius 2 is 1.95 bits per heavy atom. The number of imidazole rings is 1. The summed E-state index contributed by atoms with van der Waals surface area (Å²) < 4.78 is 8.16. The first kappa shape index (κ1) is 27.1. The second-order valence-corrected chi connectivity index (χ2v) is 10.9. The van der Waals surface area contributed by atoms with E-state index < -0.39 is 0 Å². The molecule has 2 amide bonds. The zero-order chi connectivity index (χ0) is 27.2. The van der Waals surface area contributed by atoms with E-state index in [1.807, 2.05) is 19.9 Å². The number of amides is 2. The molecule has 0 bridgehead atoms. The van der Waals surface area contributed by atoms with Crippen molar-refractivity contribution in [3.8, 4) is 5.88 Å². The monoisotopic (exact) mass is 533 g/mol. The second kappa shape index (κ2) is 12.5. The largest absolute Gasteiger partial charge is 0.476 e. The Hall–Kier alpha value is -3.53. The highest BCUT2D eigenvalue weighted by Crippen LogP contribution is 2.33. The molecule has 0 unspecified atom stereocenters. The predicted octanol–water partition coefficient (Wildman–Crippen LogP) is 3.62. The molecule has 2 aliphatic rings. The maximum Gasteiger partial charge on any atom is 0.281 e. The van der Waals surface area contributed by atoms with Crippen LogP contribution in [0.1, 0.15) is 75.2 Å². The van der Waals surface area contributed by atoms with Crippen molar-refractivity contribution >= 4 is 22.8 Å². The third-order valence-corrected chi connectivity index (χ3v) is 7.68. The Kier molecular flexibility index (Phi) is 8.71. The van der Waals surface area contributed by atoms with Gasteiger partial charge in [0.05, 0.1) is 22.8 Å². The smallest absolute Gasteiger partial charge is 0.281 e. The summed E-state index contributed by atoms with van der Waals surface area (Å²) in [4.78, 5) is 44.4. The third kappa shape index (κ3) is 6.73. The number of aromatic nitrogens is 4. The molecule has 2 N–H and O–H groups in total. The van der Waals surface area contributed by atoms with Gasteiger partial charge in [-0.1, -0.05) is 6.42 Å². The number of rotatable bonds is 8. The number of carbonyl (C=O) groups excluding carboxylic acids is 2. The fourth-order valence-electron chi connectivity index (χ4n) is 5.66. The van der Waals surface area contributed by atoms with Crippen LogP contribution >= 0.6 is 0 Å². The minimum Gasteiger partial charge on any atom is -0.476 e. The van der Waals surface area contributed by atoms with Crippen LogP contribution in [-0.2, 0) is 4.79 Å². The summed E-state index contributed by atoms with van der Waals surface area (Å²) >= 11 is 0. The minimum atomic E-state index is -0.362. The molecule has 4 heterocycles. The van der Waals surface area contributed by atoms with E-state index >= 15 is 0 Å². The summed E-state index contributed by atoms with van der Waals surface area (Å²) in [6.45, 7) is 7.69. The van der Waals surface area contributed by atoms with E-state index in [0.29, 0.717) is 23.7 Å².